The summed E-state index contributed by atoms with van der Waals surface area (Å²) in [6.45, 7) is 2.01. The van der Waals surface area contributed by atoms with Crippen LogP contribution < -0.4 is 0 Å². The van der Waals surface area contributed by atoms with E-state index in [1.165, 1.54) is 6.07 Å². The van der Waals surface area contributed by atoms with Crippen molar-refractivity contribution in [2.24, 2.45) is 0 Å². The maximum atomic E-state index is 10.9. The van der Waals surface area contributed by atoms with Gasteiger partial charge in [-0.15, -0.1) is 0 Å². The third kappa shape index (κ3) is 2.02. The quantitative estimate of drug-likeness (QED) is 0.525. The molecule has 1 N–H and O–H groups in total. The molecule has 1 aromatic carbocycles. The molecular weight excluding hydrogens is 260 g/mol. The van der Waals surface area contributed by atoms with E-state index < -0.39 is 11.0 Å². The zero-order valence-electron chi connectivity index (χ0n) is 9.34. The van der Waals surface area contributed by atoms with Gasteiger partial charge >= 0.3 is 0 Å². The van der Waals surface area contributed by atoms with Gasteiger partial charge in [-0.3, -0.25) is 14.9 Å². The smallest absolute Gasteiger partial charge is 0.294 e. The van der Waals surface area contributed by atoms with Crippen LogP contribution in [0, 0.1) is 10.1 Å². The third-order valence-corrected chi connectivity index (χ3v) is 2.88. The Morgan fingerprint density at radius 1 is 1.56 bits per heavy atom. The highest BCUT2D eigenvalue weighted by molar-refractivity contribution is 6.31. The standard InChI is InChI=1S/C11H9ClN2O4/c1-6(18-5-15)9-4-13-11-8(9)2-7(12)3-10(11)14(16)17/h2-6,13H,1H3. The molecule has 0 saturated carbocycles. The minimum Gasteiger partial charge on any atom is -0.460 e. The molecule has 0 aliphatic heterocycles. The Labute approximate surface area is 107 Å². The molecule has 94 valence electrons. The highest BCUT2D eigenvalue weighted by Gasteiger charge is 2.20. The van der Waals surface area contributed by atoms with Crippen molar-refractivity contribution in [3.05, 3.63) is 39.0 Å². The normalized spacial score (nSPS) is 12.3. The summed E-state index contributed by atoms with van der Waals surface area (Å²) in [5.74, 6) is 0. The number of hydrogen-bond donors (Lipinski definition) is 1. The Hall–Kier alpha value is -2.08. The van der Waals surface area contributed by atoms with Crippen LogP contribution in [0.25, 0.3) is 10.9 Å². The van der Waals surface area contributed by atoms with Crippen molar-refractivity contribution in [3.63, 3.8) is 0 Å². The number of aromatic amines is 1. The Morgan fingerprint density at radius 3 is 2.89 bits per heavy atom. The predicted octanol–water partition coefficient (Wildman–Crippen LogP) is 2.96. The molecule has 0 saturated heterocycles. The second kappa shape index (κ2) is 4.66. The van der Waals surface area contributed by atoms with Gasteiger partial charge in [0.15, 0.2) is 0 Å². The predicted molar refractivity (Wildman–Crippen MR) is 65.5 cm³/mol. The number of nitrogens with one attached hydrogen (secondary N) is 1. The molecule has 2 aromatic rings. The van der Waals surface area contributed by atoms with Gasteiger partial charge in [0.25, 0.3) is 12.2 Å². The molecule has 1 heterocycles. The number of nitrogens with zero attached hydrogens (tertiary/aromatic N) is 1. The van der Waals surface area contributed by atoms with E-state index in [-0.39, 0.29) is 10.7 Å². The first-order valence-corrected chi connectivity index (χ1v) is 5.46. The molecule has 18 heavy (non-hydrogen) atoms. The van der Waals surface area contributed by atoms with Gasteiger partial charge in [0, 0.05) is 28.2 Å². The van der Waals surface area contributed by atoms with Crippen molar-refractivity contribution in [2.45, 2.75) is 13.0 Å². The number of non-ortho nitro benzene ring substituents is 1. The summed E-state index contributed by atoms with van der Waals surface area (Å²) in [4.78, 5) is 23.5. The molecule has 0 spiro atoms. The zero-order valence-corrected chi connectivity index (χ0v) is 10.1. The third-order valence-electron chi connectivity index (χ3n) is 2.66. The van der Waals surface area contributed by atoms with Crippen molar-refractivity contribution >= 4 is 34.7 Å². The van der Waals surface area contributed by atoms with Crippen LogP contribution in [0.4, 0.5) is 5.69 Å². The van der Waals surface area contributed by atoms with Gasteiger partial charge in [0.05, 0.1) is 4.92 Å². The van der Waals surface area contributed by atoms with Crippen molar-refractivity contribution in [1.29, 1.82) is 0 Å². The molecule has 0 fully saturated rings. The molecule has 1 aromatic heterocycles. The lowest BCUT2D eigenvalue weighted by atomic mass is 10.1. The van der Waals surface area contributed by atoms with E-state index in [9.17, 15) is 14.9 Å². The van der Waals surface area contributed by atoms with Gasteiger partial charge < -0.3 is 9.72 Å². The van der Waals surface area contributed by atoms with Crippen LogP contribution >= 0.6 is 11.6 Å². The van der Waals surface area contributed by atoms with E-state index in [1.54, 1.807) is 19.2 Å². The Balaban J connectivity index is 2.66. The fourth-order valence-electron chi connectivity index (χ4n) is 1.84. The number of hydrogen-bond acceptors (Lipinski definition) is 4. The van der Waals surface area contributed by atoms with Crippen molar-refractivity contribution in [2.75, 3.05) is 0 Å². The first-order chi connectivity index (χ1) is 8.54. The van der Waals surface area contributed by atoms with E-state index in [4.69, 9.17) is 16.3 Å². The summed E-state index contributed by atoms with van der Waals surface area (Å²) in [7, 11) is 0. The van der Waals surface area contributed by atoms with Crippen LogP contribution in [-0.4, -0.2) is 16.4 Å². The molecule has 1 atom stereocenters. The van der Waals surface area contributed by atoms with Crippen LogP contribution in [-0.2, 0) is 9.53 Å². The number of carbonyl (C=O) groups excluding carboxylic acids is 1. The average Bonchev–Trinajstić information content (AvgIpc) is 2.71. The van der Waals surface area contributed by atoms with E-state index in [2.05, 4.69) is 4.98 Å². The lowest BCUT2D eigenvalue weighted by molar-refractivity contribution is -0.383. The van der Waals surface area contributed by atoms with Gasteiger partial charge in [0.2, 0.25) is 0 Å². The summed E-state index contributed by atoms with van der Waals surface area (Å²) < 4.78 is 4.82. The number of carbonyl (C=O) groups is 1. The molecule has 2 rings (SSSR count). The molecule has 0 aliphatic carbocycles. The monoisotopic (exact) mass is 268 g/mol. The number of ether oxygens (including phenoxy) is 1. The molecular formula is C11H9ClN2O4. The molecule has 0 amide bonds. The van der Waals surface area contributed by atoms with Gasteiger partial charge in [0.1, 0.15) is 11.6 Å². The minimum atomic E-state index is -0.514. The number of halogens is 1. The number of fused-ring (bicyclic) bond motifs is 1. The van der Waals surface area contributed by atoms with E-state index >= 15 is 0 Å². The number of H-pyrrole nitrogens is 1. The van der Waals surface area contributed by atoms with Gasteiger partial charge in [-0.25, -0.2) is 0 Å². The first kappa shape index (κ1) is 12.4. The lowest BCUT2D eigenvalue weighted by Gasteiger charge is -2.07. The van der Waals surface area contributed by atoms with Crippen molar-refractivity contribution in [1.82, 2.24) is 4.98 Å². The molecule has 0 radical (unpaired) electrons. The van der Waals surface area contributed by atoms with E-state index in [0.29, 0.717) is 22.9 Å². The number of aromatic nitrogens is 1. The highest BCUT2D eigenvalue weighted by Crippen LogP contribution is 2.34. The van der Waals surface area contributed by atoms with Crippen LogP contribution in [0.3, 0.4) is 0 Å². The number of nitro groups is 1. The largest absolute Gasteiger partial charge is 0.460 e. The summed E-state index contributed by atoms with van der Waals surface area (Å²) in [5.41, 5.74) is 0.894. The second-order valence-electron chi connectivity index (χ2n) is 3.72. The topological polar surface area (TPSA) is 85.2 Å². The number of nitro benzene ring substituents is 1. The highest BCUT2D eigenvalue weighted by atomic mass is 35.5. The van der Waals surface area contributed by atoms with Crippen molar-refractivity contribution < 1.29 is 14.5 Å². The lowest BCUT2D eigenvalue weighted by Crippen LogP contribution is -1.97. The molecule has 7 heteroatoms. The number of rotatable bonds is 4. The fourth-order valence-corrected chi connectivity index (χ4v) is 2.05. The summed E-state index contributed by atoms with van der Waals surface area (Å²) in [5, 5.41) is 11.7. The molecule has 0 aliphatic rings. The van der Waals surface area contributed by atoms with Crippen LogP contribution in [0.15, 0.2) is 18.3 Å². The molecule has 6 nitrogen and oxygen atoms in total. The maximum Gasteiger partial charge on any atom is 0.294 e. The van der Waals surface area contributed by atoms with Gasteiger partial charge in [-0.2, -0.15) is 0 Å². The van der Waals surface area contributed by atoms with E-state index in [0.717, 1.165) is 0 Å². The fraction of sp³-hybridized carbons (Fsp3) is 0.182. The van der Waals surface area contributed by atoms with Crippen LogP contribution in [0.1, 0.15) is 18.6 Å². The Bertz CT molecular complexity index is 623. The van der Waals surface area contributed by atoms with Crippen LogP contribution in [0.5, 0.6) is 0 Å². The second-order valence-corrected chi connectivity index (χ2v) is 4.16. The molecule has 0 bridgehead atoms. The summed E-state index contributed by atoms with van der Waals surface area (Å²) >= 11 is 5.85. The summed E-state index contributed by atoms with van der Waals surface area (Å²) in [6, 6.07) is 2.87. The Kier molecular flexibility index (Phi) is 3.20. The van der Waals surface area contributed by atoms with Gasteiger partial charge in [-0.1, -0.05) is 11.6 Å². The Morgan fingerprint density at radius 2 is 2.28 bits per heavy atom. The van der Waals surface area contributed by atoms with Crippen molar-refractivity contribution in [3.8, 4) is 0 Å². The summed E-state index contributed by atoms with van der Waals surface area (Å²) in [6.07, 6.45) is 1.07. The number of benzene rings is 1. The van der Waals surface area contributed by atoms with Crippen LogP contribution in [0.2, 0.25) is 5.02 Å². The average molecular weight is 269 g/mol. The SMILES string of the molecule is CC(OC=O)c1c[nH]c2c([N+](=O)[O-])cc(Cl)cc12. The minimum absolute atomic E-state index is 0.109. The van der Waals surface area contributed by atoms with E-state index in [1.807, 2.05) is 0 Å². The maximum absolute atomic E-state index is 10.9. The van der Waals surface area contributed by atoms with Gasteiger partial charge in [-0.05, 0) is 13.0 Å². The first-order valence-electron chi connectivity index (χ1n) is 5.08. The zero-order chi connectivity index (χ0) is 13.3. The molecule has 1 unspecified atom stereocenters.